The number of rotatable bonds is 5. The van der Waals surface area contributed by atoms with Gasteiger partial charge in [0.1, 0.15) is 24.7 Å². The normalized spacial score (nSPS) is 15.2. The maximum atomic E-state index is 13.4. The molecule has 3 rings (SSSR count). The Kier molecular flexibility index (Phi) is 4.45. The molecule has 5 heteroatoms. The summed E-state index contributed by atoms with van der Waals surface area (Å²) in [6.07, 6.45) is 2.31. The van der Waals surface area contributed by atoms with E-state index in [4.69, 9.17) is 15.2 Å². The minimum absolute atomic E-state index is 0.373. The molecule has 0 saturated carbocycles. The molecule has 2 aromatic rings. The molecular weight excluding hydrogens is 307 g/mol. The maximum absolute atomic E-state index is 13.4. The first-order valence-electron chi connectivity index (χ1n) is 8.17. The number of fused-ring (bicyclic) bond motifs is 3. The molecule has 0 fully saturated rings. The van der Waals surface area contributed by atoms with Gasteiger partial charge in [0.2, 0.25) is 5.95 Å². The summed E-state index contributed by atoms with van der Waals surface area (Å²) in [5.74, 6) is 1.35. The highest BCUT2D eigenvalue weighted by atomic mass is 19.1. The molecule has 0 amide bonds. The van der Waals surface area contributed by atoms with Crippen LogP contribution < -0.4 is 15.2 Å². The average Bonchev–Trinajstić information content (AvgIpc) is 2.51. The zero-order valence-electron chi connectivity index (χ0n) is 14.3. The molecule has 0 bridgehead atoms. The van der Waals surface area contributed by atoms with E-state index in [1.165, 1.54) is 12.3 Å². The second-order valence-corrected chi connectivity index (χ2v) is 7.15. The van der Waals surface area contributed by atoms with Crippen molar-refractivity contribution in [2.24, 2.45) is 11.7 Å². The van der Waals surface area contributed by atoms with Gasteiger partial charge in [-0.2, -0.15) is 4.39 Å². The Morgan fingerprint density at radius 3 is 2.88 bits per heavy atom. The Morgan fingerprint density at radius 1 is 1.33 bits per heavy atom. The fourth-order valence-corrected chi connectivity index (χ4v) is 3.18. The van der Waals surface area contributed by atoms with Crippen molar-refractivity contribution in [3.05, 3.63) is 42.0 Å². The third-order valence-corrected chi connectivity index (χ3v) is 4.03. The fraction of sp³-hybridized carbons (Fsp3) is 0.421. The summed E-state index contributed by atoms with van der Waals surface area (Å²) in [6.45, 7) is 7.15. The van der Waals surface area contributed by atoms with Gasteiger partial charge in [-0.1, -0.05) is 19.9 Å². The number of hydrogen-bond donors (Lipinski definition) is 1. The monoisotopic (exact) mass is 330 g/mol. The van der Waals surface area contributed by atoms with Gasteiger partial charge in [0.05, 0.1) is 6.20 Å². The quantitative estimate of drug-likeness (QED) is 0.844. The van der Waals surface area contributed by atoms with Crippen LogP contribution in [0.25, 0.3) is 11.1 Å². The summed E-state index contributed by atoms with van der Waals surface area (Å²) in [6, 6.07) is 7.15. The van der Waals surface area contributed by atoms with E-state index in [0.717, 1.165) is 28.9 Å². The largest absolute Gasteiger partial charge is 0.492 e. The Morgan fingerprint density at radius 2 is 2.12 bits per heavy atom. The molecule has 1 atom stereocenters. The van der Waals surface area contributed by atoms with E-state index in [9.17, 15) is 4.39 Å². The molecule has 1 aliphatic rings. The highest BCUT2D eigenvalue weighted by molar-refractivity contribution is 5.75. The van der Waals surface area contributed by atoms with Gasteiger partial charge < -0.3 is 15.2 Å². The fourth-order valence-electron chi connectivity index (χ4n) is 3.18. The number of ether oxygens (including phenoxy) is 2. The Hall–Kier alpha value is -2.14. The van der Waals surface area contributed by atoms with Crippen LogP contribution in [-0.2, 0) is 6.61 Å². The van der Waals surface area contributed by atoms with Gasteiger partial charge in [0, 0.05) is 22.7 Å². The van der Waals surface area contributed by atoms with Crippen LogP contribution in [0.2, 0.25) is 0 Å². The Bertz CT molecular complexity index is 744. The van der Waals surface area contributed by atoms with E-state index in [1.54, 1.807) is 0 Å². The maximum Gasteiger partial charge on any atom is 0.213 e. The molecule has 1 unspecified atom stereocenters. The lowest BCUT2D eigenvalue weighted by atomic mass is 9.93. The summed E-state index contributed by atoms with van der Waals surface area (Å²) in [7, 11) is 0. The van der Waals surface area contributed by atoms with Crippen molar-refractivity contribution >= 4 is 0 Å². The van der Waals surface area contributed by atoms with Gasteiger partial charge in [-0.15, -0.1) is 0 Å². The van der Waals surface area contributed by atoms with Crippen LogP contribution in [0.15, 0.2) is 30.5 Å². The first-order chi connectivity index (χ1) is 11.3. The summed E-state index contributed by atoms with van der Waals surface area (Å²) < 4.78 is 24.9. The first-order valence-corrected chi connectivity index (χ1v) is 8.17. The third kappa shape index (κ3) is 3.67. The van der Waals surface area contributed by atoms with Crippen LogP contribution in [0.4, 0.5) is 4.39 Å². The van der Waals surface area contributed by atoms with Gasteiger partial charge in [-0.3, -0.25) is 0 Å². The molecule has 0 spiro atoms. The molecule has 2 N–H and O–H groups in total. The molecule has 0 aliphatic carbocycles. The summed E-state index contributed by atoms with van der Waals surface area (Å²) in [5, 5.41) is 0. The standard InChI is InChI=1S/C19H23FN2O2/c1-12(2)8-19(3,21)11-24-14-4-5-15-13(6-14)10-23-17-9-22-18(20)7-16(15)17/h4-7,9,12H,8,10-11,21H2,1-3H3. The van der Waals surface area contributed by atoms with Crippen molar-refractivity contribution in [2.45, 2.75) is 39.3 Å². The minimum atomic E-state index is -0.516. The van der Waals surface area contributed by atoms with Gasteiger partial charge in [-0.05, 0) is 37.0 Å². The van der Waals surface area contributed by atoms with E-state index in [1.807, 2.05) is 25.1 Å². The van der Waals surface area contributed by atoms with Crippen molar-refractivity contribution in [1.29, 1.82) is 0 Å². The smallest absolute Gasteiger partial charge is 0.213 e. The van der Waals surface area contributed by atoms with Gasteiger partial charge in [0.25, 0.3) is 0 Å². The van der Waals surface area contributed by atoms with Crippen LogP contribution in [-0.4, -0.2) is 17.1 Å². The van der Waals surface area contributed by atoms with E-state index in [-0.39, 0.29) is 5.54 Å². The second kappa shape index (κ2) is 6.40. The molecule has 2 heterocycles. The molecule has 128 valence electrons. The Balaban J connectivity index is 1.78. The van der Waals surface area contributed by atoms with E-state index < -0.39 is 5.95 Å². The zero-order chi connectivity index (χ0) is 17.3. The number of benzene rings is 1. The zero-order valence-corrected chi connectivity index (χ0v) is 14.3. The molecule has 24 heavy (non-hydrogen) atoms. The van der Waals surface area contributed by atoms with E-state index >= 15 is 0 Å². The SMILES string of the molecule is CC(C)CC(C)(N)COc1ccc2c(c1)COc1cnc(F)cc1-2. The van der Waals surface area contributed by atoms with Crippen molar-refractivity contribution in [1.82, 2.24) is 4.98 Å². The first kappa shape index (κ1) is 16.7. The van der Waals surface area contributed by atoms with Gasteiger partial charge >= 0.3 is 0 Å². The molecule has 4 nitrogen and oxygen atoms in total. The number of nitrogens with zero attached hydrogens (tertiary/aromatic N) is 1. The van der Waals surface area contributed by atoms with Crippen molar-refractivity contribution in [2.75, 3.05) is 6.61 Å². The third-order valence-electron chi connectivity index (χ3n) is 4.03. The number of aromatic nitrogens is 1. The van der Waals surface area contributed by atoms with Crippen molar-refractivity contribution in [3.8, 4) is 22.6 Å². The van der Waals surface area contributed by atoms with Crippen LogP contribution in [0.3, 0.4) is 0 Å². The molecule has 0 saturated heterocycles. The van der Waals surface area contributed by atoms with Crippen LogP contribution in [0, 0.1) is 11.9 Å². The lowest BCUT2D eigenvalue weighted by Crippen LogP contribution is -2.43. The molecular formula is C19H23FN2O2. The lowest BCUT2D eigenvalue weighted by molar-refractivity contribution is 0.206. The lowest BCUT2D eigenvalue weighted by Gasteiger charge is -2.27. The molecule has 1 aromatic carbocycles. The number of pyridine rings is 1. The summed E-state index contributed by atoms with van der Waals surface area (Å²) in [4.78, 5) is 3.63. The summed E-state index contributed by atoms with van der Waals surface area (Å²) in [5.41, 5.74) is 8.55. The minimum Gasteiger partial charge on any atom is -0.492 e. The van der Waals surface area contributed by atoms with Crippen LogP contribution >= 0.6 is 0 Å². The number of halogens is 1. The summed E-state index contributed by atoms with van der Waals surface area (Å²) >= 11 is 0. The predicted molar refractivity (Wildman–Crippen MR) is 91.5 cm³/mol. The van der Waals surface area contributed by atoms with Crippen molar-refractivity contribution in [3.63, 3.8) is 0 Å². The van der Waals surface area contributed by atoms with Crippen molar-refractivity contribution < 1.29 is 13.9 Å². The highest BCUT2D eigenvalue weighted by Crippen LogP contribution is 2.38. The van der Waals surface area contributed by atoms with E-state index in [2.05, 4.69) is 18.8 Å². The Labute approximate surface area is 141 Å². The number of nitrogens with two attached hydrogens (primary N) is 1. The predicted octanol–water partition coefficient (Wildman–Crippen LogP) is 3.92. The average molecular weight is 330 g/mol. The van der Waals surface area contributed by atoms with Gasteiger partial charge in [-0.25, -0.2) is 4.98 Å². The molecule has 1 aromatic heterocycles. The van der Waals surface area contributed by atoms with E-state index in [0.29, 0.717) is 24.9 Å². The number of hydrogen-bond acceptors (Lipinski definition) is 4. The molecule has 1 aliphatic heterocycles. The highest BCUT2D eigenvalue weighted by Gasteiger charge is 2.22. The topological polar surface area (TPSA) is 57.4 Å². The van der Waals surface area contributed by atoms with Crippen LogP contribution in [0.5, 0.6) is 11.5 Å². The molecule has 0 radical (unpaired) electrons. The van der Waals surface area contributed by atoms with Gasteiger partial charge in [0.15, 0.2) is 0 Å². The van der Waals surface area contributed by atoms with Crippen LogP contribution in [0.1, 0.15) is 32.8 Å². The second-order valence-electron chi connectivity index (χ2n) is 7.15.